The summed E-state index contributed by atoms with van der Waals surface area (Å²) < 4.78 is 0. The summed E-state index contributed by atoms with van der Waals surface area (Å²) in [5.41, 5.74) is 4.24. The molecule has 0 unspecified atom stereocenters. The number of carbonyl (C=O) groups excluding carboxylic acids is 1. The van der Waals surface area contributed by atoms with Gasteiger partial charge < -0.3 is 10.6 Å². The van der Waals surface area contributed by atoms with Crippen LogP contribution in [0.2, 0.25) is 5.02 Å². The molecule has 0 aliphatic rings. The van der Waals surface area contributed by atoms with Crippen molar-refractivity contribution in [3.05, 3.63) is 88.7 Å². The van der Waals surface area contributed by atoms with E-state index >= 15 is 0 Å². The van der Waals surface area contributed by atoms with Gasteiger partial charge in [-0.1, -0.05) is 48.9 Å². The van der Waals surface area contributed by atoms with Gasteiger partial charge in [-0.3, -0.25) is 9.78 Å². The quantitative estimate of drug-likeness (QED) is 0.634. The maximum Gasteiger partial charge on any atom is 0.257 e. The molecule has 1 heterocycles. The summed E-state index contributed by atoms with van der Waals surface area (Å²) in [4.78, 5) is 16.6. The largest absolute Gasteiger partial charge is 0.380 e. The van der Waals surface area contributed by atoms with Gasteiger partial charge in [-0.15, -0.1) is 0 Å². The Balaban J connectivity index is 1.66. The average Bonchev–Trinajstić information content (AvgIpc) is 2.68. The van der Waals surface area contributed by atoms with Crippen LogP contribution < -0.4 is 10.6 Å². The van der Waals surface area contributed by atoms with Crippen LogP contribution in [0.4, 0.5) is 11.4 Å². The Kier molecular flexibility index (Phi) is 5.87. The molecule has 0 aliphatic carbocycles. The molecule has 2 N–H and O–H groups in total. The van der Waals surface area contributed by atoms with Gasteiger partial charge in [0.1, 0.15) is 0 Å². The Hall–Kier alpha value is -2.85. The number of amides is 1. The SMILES string of the molecule is CCc1ccc(NC(=O)c2cncc(NCc3ccccc3Cl)c2)cc1. The number of halogens is 1. The number of pyridine rings is 1. The van der Waals surface area contributed by atoms with E-state index in [1.807, 2.05) is 48.5 Å². The number of aromatic nitrogens is 1. The van der Waals surface area contributed by atoms with Crippen LogP contribution in [0, 0.1) is 0 Å². The van der Waals surface area contributed by atoms with Gasteiger partial charge in [-0.05, 0) is 41.8 Å². The van der Waals surface area contributed by atoms with E-state index in [2.05, 4.69) is 22.5 Å². The van der Waals surface area contributed by atoms with Crippen LogP contribution in [-0.4, -0.2) is 10.9 Å². The summed E-state index contributed by atoms with van der Waals surface area (Å²) in [7, 11) is 0. The van der Waals surface area contributed by atoms with Crippen molar-refractivity contribution in [2.24, 2.45) is 0 Å². The first-order valence-corrected chi connectivity index (χ1v) is 8.86. The molecule has 2 aromatic carbocycles. The first-order valence-electron chi connectivity index (χ1n) is 8.48. The van der Waals surface area contributed by atoms with Gasteiger partial charge in [-0.2, -0.15) is 0 Å². The Labute approximate surface area is 158 Å². The molecule has 1 amide bonds. The van der Waals surface area contributed by atoms with E-state index in [-0.39, 0.29) is 5.91 Å². The third-order valence-corrected chi connectivity index (χ3v) is 4.43. The van der Waals surface area contributed by atoms with Gasteiger partial charge in [0.2, 0.25) is 0 Å². The molecule has 1 aromatic heterocycles. The molecule has 0 fully saturated rings. The summed E-state index contributed by atoms with van der Waals surface area (Å²) in [6, 6.07) is 17.3. The molecule has 0 aliphatic heterocycles. The number of nitrogens with zero attached hydrogens (tertiary/aromatic N) is 1. The zero-order chi connectivity index (χ0) is 18.4. The number of anilines is 2. The molecule has 5 heteroatoms. The third-order valence-electron chi connectivity index (χ3n) is 4.06. The number of aryl methyl sites for hydroxylation is 1. The molecule has 0 saturated heterocycles. The first-order chi connectivity index (χ1) is 12.7. The predicted octanol–water partition coefficient (Wildman–Crippen LogP) is 5.16. The van der Waals surface area contributed by atoms with Crippen LogP contribution in [0.3, 0.4) is 0 Å². The maximum atomic E-state index is 12.4. The van der Waals surface area contributed by atoms with Crippen molar-refractivity contribution in [1.29, 1.82) is 0 Å². The van der Waals surface area contributed by atoms with E-state index in [4.69, 9.17) is 11.6 Å². The molecule has 3 aromatic rings. The fourth-order valence-electron chi connectivity index (χ4n) is 2.53. The fraction of sp³-hybridized carbons (Fsp3) is 0.143. The number of carbonyl (C=O) groups is 1. The van der Waals surface area contributed by atoms with E-state index in [0.29, 0.717) is 17.1 Å². The minimum Gasteiger partial charge on any atom is -0.380 e. The second-order valence-corrected chi connectivity index (χ2v) is 6.32. The normalized spacial score (nSPS) is 10.4. The van der Waals surface area contributed by atoms with Crippen molar-refractivity contribution >= 4 is 28.9 Å². The van der Waals surface area contributed by atoms with Crippen LogP contribution in [0.5, 0.6) is 0 Å². The number of nitrogens with one attached hydrogen (secondary N) is 2. The van der Waals surface area contributed by atoms with Gasteiger partial charge in [0.15, 0.2) is 0 Å². The topological polar surface area (TPSA) is 54.0 Å². The lowest BCUT2D eigenvalue weighted by atomic mass is 10.1. The number of benzene rings is 2. The molecule has 0 spiro atoms. The first kappa shape index (κ1) is 18.0. The summed E-state index contributed by atoms with van der Waals surface area (Å²) in [6.45, 7) is 2.66. The highest BCUT2D eigenvalue weighted by Crippen LogP contribution is 2.18. The Morgan fingerprint density at radius 2 is 1.81 bits per heavy atom. The minimum atomic E-state index is -0.192. The monoisotopic (exact) mass is 365 g/mol. The molecule has 0 bridgehead atoms. The standard InChI is InChI=1S/C21H20ClN3O/c1-2-15-7-9-18(10-8-15)25-21(26)17-11-19(14-23-12-17)24-13-16-5-3-4-6-20(16)22/h3-12,14,24H,2,13H2,1H3,(H,25,26). The van der Waals surface area contributed by atoms with Crippen molar-refractivity contribution in [2.45, 2.75) is 19.9 Å². The predicted molar refractivity (Wildman–Crippen MR) is 107 cm³/mol. The van der Waals surface area contributed by atoms with Crippen molar-refractivity contribution < 1.29 is 4.79 Å². The lowest BCUT2D eigenvalue weighted by Gasteiger charge is -2.10. The number of hydrogen-bond acceptors (Lipinski definition) is 3. The fourth-order valence-corrected chi connectivity index (χ4v) is 2.73. The van der Waals surface area contributed by atoms with E-state index in [0.717, 1.165) is 23.4 Å². The van der Waals surface area contributed by atoms with Gasteiger partial charge in [0.25, 0.3) is 5.91 Å². The number of hydrogen-bond donors (Lipinski definition) is 2. The molecular formula is C21H20ClN3O. The van der Waals surface area contributed by atoms with Crippen molar-refractivity contribution in [1.82, 2.24) is 4.98 Å². The van der Waals surface area contributed by atoms with E-state index in [9.17, 15) is 4.79 Å². The van der Waals surface area contributed by atoms with E-state index in [1.165, 1.54) is 5.56 Å². The zero-order valence-corrected chi connectivity index (χ0v) is 15.3. The van der Waals surface area contributed by atoms with Crippen LogP contribution in [-0.2, 0) is 13.0 Å². The maximum absolute atomic E-state index is 12.4. The second-order valence-electron chi connectivity index (χ2n) is 5.91. The molecule has 0 saturated carbocycles. The van der Waals surface area contributed by atoms with Gasteiger partial charge >= 0.3 is 0 Å². The third kappa shape index (κ3) is 4.61. The summed E-state index contributed by atoms with van der Waals surface area (Å²) >= 11 is 6.16. The van der Waals surface area contributed by atoms with Crippen molar-refractivity contribution in [3.63, 3.8) is 0 Å². The van der Waals surface area contributed by atoms with Crippen LogP contribution in [0.1, 0.15) is 28.4 Å². The molecule has 26 heavy (non-hydrogen) atoms. The summed E-state index contributed by atoms with van der Waals surface area (Å²) in [5.74, 6) is -0.192. The smallest absolute Gasteiger partial charge is 0.257 e. The zero-order valence-electron chi connectivity index (χ0n) is 14.5. The van der Waals surface area contributed by atoms with Crippen LogP contribution >= 0.6 is 11.6 Å². The number of rotatable bonds is 6. The van der Waals surface area contributed by atoms with Crippen LogP contribution in [0.15, 0.2) is 67.0 Å². The Bertz CT molecular complexity index is 894. The lowest BCUT2D eigenvalue weighted by molar-refractivity contribution is 0.102. The Morgan fingerprint density at radius 3 is 2.54 bits per heavy atom. The Morgan fingerprint density at radius 1 is 1.04 bits per heavy atom. The van der Waals surface area contributed by atoms with Crippen molar-refractivity contribution in [3.8, 4) is 0 Å². The van der Waals surface area contributed by atoms with Gasteiger partial charge in [0, 0.05) is 29.6 Å². The second kappa shape index (κ2) is 8.50. The highest BCUT2D eigenvalue weighted by Gasteiger charge is 2.08. The van der Waals surface area contributed by atoms with Crippen molar-refractivity contribution in [2.75, 3.05) is 10.6 Å². The van der Waals surface area contributed by atoms with E-state index < -0.39 is 0 Å². The molecule has 4 nitrogen and oxygen atoms in total. The lowest BCUT2D eigenvalue weighted by Crippen LogP contribution is -2.13. The van der Waals surface area contributed by atoms with Gasteiger partial charge in [-0.25, -0.2) is 0 Å². The molecule has 0 radical (unpaired) electrons. The van der Waals surface area contributed by atoms with E-state index in [1.54, 1.807) is 18.5 Å². The summed E-state index contributed by atoms with van der Waals surface area (Å²) in [5, 5.41) is 6.85. The highest BCUT2D eigenvalue weighted by atomic mass is 35.5. The van der Waals surface area contributed by atoms with Gasteiger partial charge in [0.05, 0.1) is 11.3 Å². The molecule has 3 rings (SSSR count). The minimum absolute atomic E-state index is 0.192. The van der Waals surface area contributed by atoms with Crippen LogP contribution in [0.25, 0.3) is 0 Å². The summed E-state index contributed by atoms with van der Waals surface area (Å²) in [6.07, 6.45) is 4.21. The average molecular weight is 366 g/mol. The molecule has 0 atom stereocenters. The highest BCUT2D eigenvalue weighted by molar-refractivity contribution is 6.31. The molecular weight excluding hydrogens is 346 g/mol. The molecule has 132 valence electrons.